The van der Waals surface area contributed by atoms with Gasteiger partial charge in [0.2, 0.25) is 5.91 Å². The Bertz CT molecular complexity index is 2170. The first-order chi connectivity index (χ1) is 23.2. The van der Waals surface area contributed by atoms with E-state index in [2.05, 4.69) is 15.2 Å². The molecular weight excluding hydrogens is 656 g/mol. The van der Waals surface area contributed by atoms with Crippen molar-refractivity contribution in [1.29, 1.82) is 0 Å². The Hall–Kier alpha value is -4.51. The van der Waals surface area contributed by atoms with Crippen molar-refractivity contribution in [3.05, 3.63) is 122 Å². The molecule has 5 aromatic rings. The number of carbonyl (C=O) groups excluding carboxylic acids is 2. The Morgan fingerprint density at radius 3 is 2.79 bits per heavy atom. The molecule has 12 heteroatoms. The molecule has 1 amide bonds. The third-order valence-corrected chi connectivity index (χ3v) is 10.6. The van der Waals surface area contributed by atoms with E-state index in [1.165, 1.54) is 13.3 Å². The number of hydrogen-bond donors (Lipinski definition) is 1. The Morgan fingerprint density at radius 1 is 1.17 bits per heavy atom. The molecule has 4 atom stereocenters. The molecule has 244 valence electrons. The second kappa shape index (κ2) is 11.3. The summed E-state index contributed by atoms with van der Waals surface area (Å²) in [7, 11) is 1.34. The molecule has 1 spiro atoms. The fraction of sp³-hybridized carbons (Fsp3) is 0.278. The highest BCUT2D eigenvalue weighted by molar-refractivity contribution is 6.31. The summed E-state index contributed by atoms with van der Waals surface area (Å²) in [4.78, 5) is 38.7. The van der Waals surface area contributed by atoms with Gasteiger partial charge in [0, 0.05) is 70.8 Å². The van der Waals surface area contributed by atoms with Gasteiger partial charge in [-0.05, 0) is 61.4 Å². The maximum absolute atomic E-state index is 16.4. The Labute approximate surface area is 285 Å². The molecule has 3 aromatic heterocycles. The van der Waals surface area contributed by atoms with Crippen LogP contribution in [0.4, 0.5) is 10.1 Å². The van der Waals surface area contributed by atoms with Gasteiger partial charge in [-0.15, -0.1) is 0 Å². The van der Waals surface area contributed by atoms with Crippen molar-refractivity contribution in [3.63, 3.8) is 0 Å². The van der Waals surface area contributed by atoms with Gasteiger partial charge in [-0.2, -0.15) is 0 Å². The number of amides is 1. The van der Waals surface area contributed by atoms with Crippen molar-refractivity contribution >= 4 is 46.4 Å². The molecule has 0 saturated carbocycles. The quantitative estimate of drug-likeness (QED) is 0.155. The Kier molecular flexibility index (Phi) is 7.24. The summed E-state index contributed by atoms with van der Waals surface area (Å²) in [5.41, 5.74) is 4.44. The lowest BCUT2D eigenvalue weighted by Crippen LogP contribution is -2.52. The number of likely N-dealkylation sites (tertiary alicyclic amines) is 1. The number of esters is 1. The predicted octanol–water partition coefficient (Wildman–Crippen LogP) is 6.82. The van der Waals surface area contributed by atoms with Crippen LogP contribution >= 0.6 is 23.2 Å². The largest absolute Gasteiger partial charge is 0.494 e. The molecule has 3 aliphatic rings. The van der Waals surface area contributed by atoms with Crippen LogP contribution in [-0.4, -0.2) is 50.9 Å². The molecule has 1 fully saturated rings. The number of nitrogens with zero attached hydrogens (tertiary/aromatic N) is 4. The topological polar surface area (TPSA) is 98.1 Å². The lowest BCUT2D eigenvalue weighted by atomic mass is 9.71. The standard InChI is InChI=1S/C36H30Cl2FN5O4/c1-4-48-21-7-5-6-19(14-21)17-44-26-16-27-31(42-33-18(2)22(34(45)47-3)11-13-43(27)33)28(26)29(23-10-12-40-32(38)30(23)39)36(44)24-9-8-20(37)15-25(24)41-35(36)46/h5-15,26,28-29H,4,16-17H2,1-3H3,(H,41,46)/t26-,28+,29-,36+/m0/s1. The van der Waals surface area contributed by atoms with Crippen molar-refractivity contribution in [3.8, 4) is 5.75 Å². The van der Waals surface area contributed by atoms with E-state index in [1.807, 2.05) is 54.8 Å². The van der Waals surface area contributed by atoms with Gasteiger partial charge in [-0.1, -0.05) is 41.4 Å². The number of fused-ring (bicyclic) bond motifs is 7. The summed E-state index contributed by atoms with van der Waals surface area (Å²) in [6, 6.07) is 16.2. The number of carbonyl (C=O) groups is 2. The smallest absolute Gasteiger partial charge is 0.338 e. The van der Waals surface area contributed by atoms with Crippen molar-refractivity contribution in [1.82, 2.24) is 19.3 Å². The number of hydrogen-bond acceptors (Lipinski definition) is 7. The molecule has 1 aliphatic carbocycles. The number of nitrogens with one attached hydrogen (secondary N) is 1. The van der Waals surface area contributed by atoms with Gasteiger partial charge < -0.3 is 19.2 Å². The highest BCUT2D eigenvalue weighted by Gasteiger charge is 2.69. The van der Waals surface area contributed by atoms with Crippen molar-refractivity contribution in [2.24, 2.45) is 0 Å². The minimum absolute atomic E-state index is 0.269. The summed E-state index contributed by atoms with van der Waals surface area (Å²) in [5.74, 6) is -1.93. The van der Waals surface area contributed by atoms with Crippen LogP contribution in [-0.2, 0) is 28.0 Å². The first-order valence-corrected chi connectivity index (χ1v) is 16.4. The lowest BCUT2D eigenvalue weighted by molar-refractivity contribution is -0.128. The third-order valence-electron chi connectivity index (χ3n) is 10.1. The average Bonchev–Trinajstić information content (AvgIpc) is 3.77. The summed E-state index contributed by atoms with van der Waals surface area (Å²) in [5, 5.41) is 3.28. The number of imidazole rings is 1. The Balaban J connectivity index is 1.40. The van der Waals surface area contributed by atoms with E-state index >= 15 is 4.39 Å². The first-order valence-electron chi connectivity index (χ1n) is 15.7. The lowest BCUT2D eigenvalue weighted by Gasteiger charge is -2.40. The number of rotatable bonds is 6. The second-order valence-corrected chi connectivity index (χ2v) is 13.2. The van der Waals surface area contributed by atoms with Crippen LogP contribution in [0.2, 0.25) is 10.2 Å². The van der Waals surface area contributed by atoms with Gasteiger partial charge in [0.15, 0.2) is 11.0 Å². The molecule has 0 unspecified atom stereocenters. The summed E-state index contributed by atoms with van der Waals surface area (Å²) < 4.78 is 29.2. The van der Waals surface area contributed by atoms with Gasteiger partial charge in [-0.25, -0.2) is 19.2 Å². The van der Waals surface area contributed by atoms with Gasteiger partial charge >= 0.3 is 5.97 Å². The highest BCUT2D eigenvalue weighted by atomic mass is 35.5. The van der Waals surface area contributed by atoms with Gasteiger partial charge in [0.25, 0.3) is 0 Å². The second-order valence-electron chi connectivity index (χ2n) is 12.4. The fourth-order valence-corrected chi connectivity index (χ4v) is 8.65. The van der Waals surface area contributed by atoms with E-state index in [0.29, 0.717) is 52.6 Å². The average molecular weight is 687 g/mol. The predicted molar refractivity (Wildman–Crippen MR) is 178 cm³/mol. The number of methoxy groups -OCH3 is 1. The normalized spacial score (nSPS) is 22.5. The van der Waals surface area contributed by atoms with E-state index in [-0.39, 0.29) is 22.7 Å². The fourth-order valence-electron chi connectivity index (χ4n) is 8.31. The molecule has 9 nitrogen and oxygen atoms in total. The van der Waals surface area contributed by atoms with E-state index in [9.17, 15) is 9.59 Å². The molecule has 8 rings (SSSR count). The number of benzene rings is 2. The molecule has 0 bridgehead atoms. The van der Waals surface area contributed by atoms with Gasteiger partial charge in [0.05, 0.1) is 25.0 Å². The summed E-state index contributed by atoms with van der Waals surface area (Å²) in [6.07, 6.45) is 3.81. The van der Waals surface area contributed by atoms with E-state index in [1.54, 1.807) is 24.3 Å². The molecule has 1 N–H and O–H groups in total. The van der Waals surface area contributed by atoms with Crippen LogP contribution in [0, 0.1) is 12.7 Å². The number of aromatic nitrogens is 3. The van der Waals surface area contributed by atoms with Crippen molar-refractivity contribution in [2.45, 2.75) is 50.2 Å². The zero-order chi connectivity index (χ0) is 33.5. The molecule has 2 aliphatic heterocycles. The van der Waals surface area contributed by atoms with Crippen LogP contribution in [0.5, 0.6) is 5.75 Å². The van der Waals surface area contributed by atoms with E-state index in [4.69, 9.17) is 37.7 Å². The number of ether oxygens (including phenoxy) is 2. The minimum Gasteiger partial charge on any atom is -0.494 e. The number of halogens is 3. The van der Waals surface area contributed by atoms with Gasteiger partial charge in [-0.3, -0.25) is 9.69 Å². The SMILES string of the molecule is CCOc1cccc(CN2[C@H]3Cc4c(nc5c(C)c(C(=O)OC)ccn45)[C@H]3[C@H](c3ccnc(Cl)c3F)[C@]23C(=O)Nc2cc(Cl)ccc23)c1. The Morgan fingerprint density at radius 2 is 2.00 bits per heavy atom. The molecular formula is C36H30Cl2FN5O4. The monoisotopic (exact) mass is 685 g/mol. The van der Waals surface area contributed by atoms with Crippen LogP contribution in [0.15, 0.2) is 67.0 Å². The zero-order valence-electron chi connectivity index (χ0n) is 26.3. The van der Waals surface area contributed by atoms with Gasteiger partial charge in [0.1, 0.15) is 16.9 Å². The third kappa shape index (κ3) is 4.25. The van der Waals surface area contributed by atoms with E-state index in [0.717, 1.165) is 22.7 Å². The number of aryl methyl sites for hydroxylation is 1. The van der Waals surface area contributed by atoms with Crippen molar-refractivity contribution < 1.29 is 23.5 Å². The van der Waals surface area contributed by atoms with Crippen LogP contribution in [0.25, 0.3) is 5.65 Å². The maximum atomic E-state index is 16.4. The zero-order valence-corrected chi connectivity index (χ0v) is 27.8. The minimum atomic E-state index is -1.37. The number of pyridine rings is 2. The first kappa shape index (κ1) is 30.8. The summed E-state index contributed by atoms with van der Waals surface area (Å²) >= 11 is 12.8. The molecule has 48 heavy (non-hydrogen) atoms. The van der Waals surface area contributed by atoms with Crippen LogP contribution in [0.1, 0.15) is 62.8 Å². The van der Waals surface area contributed by atoms with Crippen molar-refractivity contribution in [2.75, 3.05) is 19.0 Å². The van der Waals surface area contributed by atoms with Crippen LogP contribution < -0.4 is 10.1 Å². The molecule has 0 radical (unpaired) electrons. The molecule has 2 aromatic carbocycles. The van der Waals surface area contributed by atoms with Crippen LogP contribution in [0.3, 0.4) is 0 Å². The number of anilines is 1. The highest BCUT2D eigenvalue weighted by Crippen LogP contribution is 2.65. The maximum Gasteiger partial charge on any atom is 0.338 e. The summed E-state index contributed by atoms with van der Waals surface area (Å²) in [6.45, 7) is 4.62. The molecule has 5 heterocycles. The van der Waals surface area contributed by atoms with E-state index < -0.39 is 29.2 Å². The molecule has 1 saturated heterocycles.